The summed E-state index contributed by atoms with van der Waals surface area (Å²) in [4.78, 5) is 21.2. The van der Waals surface area contributed by atoms with Crippen LogP contribution in [-0.2, 0) is 14.9 Å². The molecular weight excluding hydrogens is 404 g/mol. The summed E-state index contributed by atoms with van der Waals surface area (Å²) in [7, 11) is 1.75. The lowest BCUT2D eigenvalue weighted by Crippen LogP contribution is -2.30. The molecule has 0 radical (unpaired) electrons. The molecule has 1 atom stereocenters. The second kappa shape index (κ2) is 7.29. The summed E-state index contributed by atoms with van der Waals surface area (Å²) < 4.78 is 17.4. The smallest absolute Gasteiger partial charge is 0.195 e. The number of fused-ring (bicyclic) bond motifs is 4. The van der Waals surface area contributed by atoms with Crippen molar-refractivity contribution in [2.45, 2.75) is 45.0 Å². The molecule has 0 amide bonds. The Bertz CT molecular complexity index is 1250. The van der Waals surface area contributed by atoms with Gasteiger partial charge in [-0.1, -0.05) is 32.0 Å². The number of aromatic amines is 1. The van der Waals surface area contributed by atoms with Crippen LogP contribution in [0.2, 0.25) is 0 Å². The molecule has 0 spiro atoms. The highest BCUT2D eigenvalue weighted by Gasteiger charge is 2.40. The van der Waals surface area contributed by atoms with Crippen LogP contribution >= 0.6 is 0 Å². The standard InChI is InChI=1S/C26H28N2O4/c1-25(2)20-9-7-16(30-13-17-14-31-26(3,4)32-17)11-19(20)23(29)22-18-8-6-15(12-27-5)10-21(18)28-24(22)25/h6-12,17,28H,13-14H2,1-5H3/b27-12+/t17-/m0/s1. The Morgan fingerprint density at radius 1 is 1.19 bits per heavy atom. The molecule has 5 rings (SSSR count). The second-order valence-corrected chi connectivity index (χ2v) is 9.49. The number of aromatic nitrogens is 1. The molecule has 0 bridgehead atoms. The second-order valence-electron chi connectivity index (χ2n) is 9.49. The van der Waals surface area contributed by atoms with E-state index in [4.69, 9.17) is 14.2 Å². The van der Waals surface area contributed by atoms with Crippen molar-refractivity contribution in [2.24, 2.45) is 4.99 Å². The van der Waals surface area contributed by atoms with Crippen LogP contribution in [0.5, 0.6) is 5.75 Å². The predicted molar refractivity (Wildman–Crippen MR) is 124 cm³/mol. The number of rotatable bonds is 4. The highest BCUT2D eigenvalue weighted by atomic mass is 16.7. The van der Waals surface area contributed by atoms with E-state index in [2.05, 4.69) is 23.8 Å². The monoisotopic (exact) mass is 432 g/mol. The third-order valence-electron chi connectivity index (χ3n) is 6.37. The van der Waals surface area contributed by atoms with Crippen molar-refractivity contribution in [3.05, 3.63) is 64.3 Å². The number of aliphatic imine (C=N–C) groups is 1. The lowest BCUT2D eigenvalue weighted by atomic mass is 9.71. The molecule has 6 nitrogen and oxygen atoms in total. The van der Waals surface area contributed by atoms with Crippen molar-refractivity contribution < 1.29 is 19.0 Å². The van der Waals surface area contributed by atoms with Crippen molar-refractivity contribution in [3.8, 4) is 5.75 Å². The van der Waals surface area contributed by atoms with E-state index < -0.39 is 5.79 Å². The molecule has 3 aromatic rings. The van der Waals surface area contributed by atoms with Gasteiger partial charge < -0.3 is 19.2 Å². The summed E-state index contributed by atoms with van der Waals surface area (Å²) in [6, 6.07) is 11.8. The summed E-state index contributed by atoms with van der Waals surface area (Å²) in [6.45, 7) is 8.94. The predicted octanol–water partition coefficient (Wildman–Crippen LogP) is 4.62. The molecule has 1 fully saturated rings. The Hall–Kier alpha value is -2.96. The molecule has 2 aromatic carbocycles. The lowest BCUT2D eigenvalue weighted by molar-refractivity contribution is -0.141. The van der Waals surface area contributed by atoms with Crippen molar-refractivity contribution in [1.82, 2.24) is 4.98 Å². The fraction of sp³-hybridized carbons (Fsp3) is 0.385. The molecule has 1 aliphatic carbocycles. The Morgan fingerprint density at radius 2 is 2.00 bits per heavy atom. The number of carbonyl (C=O) groups excluding carboxylic acids is 1. The fourth-order valence-corrected chi connectivity index (χ4v) is 4.80. The topological polar surface area (TPSA) is 72.9 Å². The van der Waals surface area contributed by atoms with Crippen LogP contribution in [0.25, 0.3) is 10.9 Å². The molecule has 0 unspecified atom stereocenters. The zero-order chi connectivity index (χ0) is 22.7. The maximum atomic E-state index is 13.6. The summed E-state index contributed by atoms with van der Waals surface area (Å²) in [6.07, 6.45) is 1.68. The molecule has 1 aromatic heterocycles. The summed E-state index contributed by atoms with van der Waals surface area (Å²) in [5.74, 6) is 0.0915. The Balaban J connectivity index is 1.50. The molecule has 6 heteroatoms. The fourth-order valence-electron chi connectivity index (χ4n) is 4.80. The van der Waals surface area contributed by atoms with Gasteiger partial charge in [0.15, 0.2) is 11.6 Å². The van der Waals surface area contributed by atoms with E-state index in [9.17, 15) is 4.79 Å². The largest absolute Gasteiger partial charge is 0.491 e. The van der Waals surface area contributed by atoms with Gasteiger partial charge in [0.1, 0.15) is 18.5 Å². The first-order chi connectivity index (χ1) is 15.2. The first kappa shape index (κ1) is 20.9. The van der Waals surface area contributed by atoms with Gasteiger partial charge in [0.25, 0.3) is 0 Å². The van der Waals surface area contributed by atoms with Gasteiger partial charge in [-0.05, 0) is 43.2 Å². The van der Waals surface area contributed by atoms with Crippen LogP contribution in [0, 0.1) is 0 Å². The average Bonchev–Trinajstić information content (AvgIpc) is 3.31. The lowest BCUT2D eigenvalue weighted by Gasteiger charge is -2.32. The van der Waals surface area contributed by atoms with Crippen molar-refractivity contribution in [1.29, 1.82) is 0 Å². The van der Waals surface area contributed by atoms with E-state index in [0.29, 0.717) is 24.5 Å². The quantitative estimate of drug-likeness (QED) is 0.611. The van der Waals surface area contributed by atoms with Gasteiger partial charge in [-0.2, -0.15) is 0 Å². The van der Waals surface area contributed by atoms with Gasteiger partial charge >= 0.3 is 0 Å². The van der Waals surface area contributed by atoms with Gasteiger partial charge in [0.05, 0.1) is 12.2 Å². The number of hydrogen-bond donors (Lipinski definition) is 1. The van der Waals surface area contributed by atoms with Crippen molar-refractivity contribution in [2.75, 3.05) is 20.3 Å². The normalized spacial score (nSPS) is 21.2. The number of benzene rings is 2. The van der Waals surface area contributed by atoms with Crippen LogP contribution < -0.4 is 4.74 Å². The van der Waals surface area contributed by atoms with Gasteiger partial charge in [-0.15, -0.1) is 0 Å². The number of carbonyl (C=O) groups is 1. The van der Waals surface area contributed by atoms with Crippen LogP contribution in [0.1, 0.15) is 60.4 Å². The SMILES string of the molecule is C/N=C/c1ccc2c3c([nH]c2c1)C(C)(C)c1ccc(OC[C@H]2COC(C)(C)O2)cc1C3=O. The van der Waals surface area contributed by atoms with Gasteiger partial charge in [0, 0.05) is 40.8 Å². The molecule has 2 heterocycles. The average molecular weight is 433 g/mol. The molecule has 0 saturated carbocycles. The van der Waals surface area contributed by atoms with Crippen LogP contribution in [0.15, 0.2) is 41.4 Å². The molecule has 1 saturated heterocycles. The summed E-state index contributed by atoms with van der Waals surface area (Å²) in [5.41, 5.74) is 4.96. The summed E-state index contributed by atoms with van der Waals surface area (Å²) in [5, 5.41) is 0.932. The van der Waals surface area contributed by atoms with E-state index in [-0.39, 0.29) is 17.3 Å². The van der Waals surface area contributed by atoms with Crippen molar-refractivity contribution >= 4 is 22.9 Å². The Kier molecular flexibility index (Phi) is 4.76. The number of nitrogens with zero attached hydrogens (tertiary/aromatic N) is 1. The number of ether oxygens (including phenoxy) is 3. The minimum absolute atomic E-state index is 0.0181. The van der Waals surface area contributed by atoms with E-state index in [1.54, 1.807) is 7.05 Å². The number of nitrogens with one attached hydrogen (secondary N) is 1. The molecule has 1 aliphatic heterocycles. The highest BCUT2D eigenvalue weighted by Crippen LogP contribution is 2.44. The molecule has 32 heavy (non-hydrogen) atoms. The van der Waals surface area contributed by atoms with Gasteiger partial charge in [0.2, 0.25) is 0 Å². The third kappa shape index (κ3) is 3.34. The highest BCUT2D eigenvalue weighted by molar-refractivity contribution is 6.20. The van der Waals surface area contributed by atoms with E-state index in [0.717, 1.165) is 33.3 Å². The summed E-state index contributed by atoms with van der Waals surface area (Å²) >= 11 is 0. The Morgan fingerprint density at radius 3 is 2.72 bits per heavy atom. The minimum Gasteiger partial charge on any atom is -0.491 e. The minimum atomic E-state index is -0.585. The molecule has 1 N–H and O–H groups in total. The maximum absolute atomic E-state index is 13.6. The van der Waals surface area contributed by atoms with Crippen LogP contribution in [0.4, 0.5) is 0 Å². The van der Waals surface area contributed by atoms with Crippen LogP contribution in [-0.4, -0.2) is 49.1 Å². The van der Waals surface area contributed by atoms with Crippen molar-refractivity contribution in [3.63, 3.8) is 0 Å². The third-order valence-corrected chi connectivity index (χ3v) is 6.37. The Labute approximate surface area is 187 Å². The number of ketones is 1. The van der Waals surface area contributed by atoms with Gasteiger partial charge in [-0.25, -0.2) is 0 Å². The van der Waals surface area contributed by atoms with Crippen LogP contribution in [0.3, 0.4) is 0 Å². The first-order valence-corrected chi connectivity index (χ1v) is 10.9. The van der Waals surface area contributed by atoms with E-state index in [1.165, 1.54) is 0 Å². The number of hydrogen-bond acceptors (Lipinski definition) is 5. The molecular formula is C26H28N2O4. The molecule has 166 valence electrons. The maximum Gasteiger partial charge on any atom is 0.195 e. The zero-order valence-electron chi connectivity index (χ0n) is 19.1. The first-order valence-electron chi connectivity index (χ1n) is 10.9. The molecule has 2 aliphatic rings. The zero-order valence-corrected chi connectivity index (χ0v) is 19.1. The number of H-pyrrole nitrogens is 1. The van der Waals surface area contributed by atoms with E-state index >= 15 is 0 Å². The van der Waals surface area contributed by atoms with Gasteiger partial charge in [-0.3, -0.25) is 9.79 Å². The van der Waals surface area contributed by atoms with E-state index in [1.807, 2.05) is 56.5 Å².